The number of nitrogens with two attached hydrogens (primary N) is 1. The molecule has 3 rings (SSSR count). The van der Waals surface area contributed by atoms with E-state index in [0.29, 0.717) is 16.8 Å². The summed E-state index contributed by atoms with van der Waals surface area (Å²) in [6, 6.07) is 7.78. The zero-order valence-electron chi connectivity index (χ0n) is 11.7. The summed E-state index contributed by atoms with van der Waals surface area (Å²) in [5.41, 5.74) is 7.21. The Labute approximate surface area is 128 Å². The van der Waals surface area contributed by atoms with Gasteiger partial charge in [0.1, 0.15) is 4.99 Å². The number of rotatable bonds is 4. The minimum Gasteiger partial charge on any atom is -0.389 e. The number of hydrogen-bond donors (Lipinski definition) is 1. The molecule has 1 aliphatic rings. The summed E-state index contributed by atoms with van der Waals surface area (Å²) < 4.78 is 1.77. The van der Waals surface area contributed by atoms with Crippen molar-refractivity contribution < 1.29 is 0 Å². The Kier molecular flexibility index (Phi) is 3.47. The van der Waals surface area contributed by atoms with Gasteiger partial charge in [-0.05, 0) is 37.1 Å². The quantitative estimate of drug-likeness (QED) is 0.875. The van der Waals surface area contributed by atoms with Crippen molar-refractivity contribution in [1.29, 1.82) is 0 Å². The highest BCUT2D eigenvalue weighted by Gasteiger charge is 2.26. The Hall–Kier alpha value is -2.21. The van der Waals surface area contributed by atoms with Crippen LogP contribution in [-0.4, -0.2) is 21.6 Å². The largest absolute Gasteiger partial charge is 0.389 e. The van der Waals surface area contributed by atoms with Crippen molar-refractivity contribution in [3.8, 4) is 0 Å². The second-order valence-electron chi connectivity index (χ2n) is 5.16. The molecule has 2 aromatic rings. The molecule has 1 aromatic heterocycles. The van der Waals surface area contributed by atoms with Gasteiger partial charge >= 0.3 is 0 Å². The van der Waals surface area contributed by atoms with Crippen molar-refractivity contribution in [2.45, 2.75) is 18.9 Å². The molecule has 1 aliphatic carbocycles. The lowest BCUT2D eigenvalue weighted by molar-refractivity contribution is 0.697. The van der Waals surface area contributed by atoms with Gasteiger partial charge in [-0.3, -0.25) is 4.79 Å². The molecule has 1 heterocycles. The van der Waals surface area contributed by atoms with Crippen LogP contribution in [0.4, 0.5) is 11.5 Å². The first kappa shape index (κ1) is 13.8. The lowest BCUT2D eigenvalue weighted by Gasteiger charge is -2.18. The predicted molar refractivity (Wildman–Crippen MR) is 87.2 cm³/mol. The van der Waals surface area contributed by atoms with E-state index in [2.05, 4.69) is 4.98 Å². The molecule has 1 saturated carbocycles. The molecule has 5 nitrogen and oxygen atoms in total. The van der Waals surface area contributed by atoms with E-state index in [0.717, 1.165) is 24.1 Å². The lowest BCUT2D eigenvalue weighted by Crippen LogP contribution is -2.27. The molecule has 2 N–H and O–H groups in total. The van der Waals surface area contributed by atoms with Gasteiger partial charge in [0.05, 0.1) is 0 Å². The van der Waals surface area contributed by atoms with Crippen LogP contribution < -0.4 is 16.2 Å². The van der Waals surface area contributed by atoms with Gasteiger partial charge < -0.3 is 15.2 Å². The second kappa shape index (κ2) is 5.29. The van der Waals surface area contributed by atoms with E-state index >= 15 is 0 Å². The van der Waals surface area contributed by atoms with Gasteiger partial charge in [-0.25, -0.2) is 4.98 Å². The molecule has 1 aromatic carbocycles. The highest BCUT2D eigenvalue weighted by Crippen LogP contribution is 2.33. The van der Waals surface area contributed by atoms with E-state index < -0.39 is 0 Å². The van der Waals surface area contributed by atoms with Gasteiger partial charge in [0.25, 0.3) is 5.56 Å². The van der Waals surface area contributed by atoms with Crippen LogP contribution in [0.15, 0.2) is 41.5 Å². The standard InChI is InChI=1S/C15H16N4OS/c1-18(11-4-2-10(3-5-11)13(16)21)14-15(20)19(9-8-17-14)12-6-7-12/h2-5,8-9,12H,6-7H2,1H3,(H2,16,21). The van der Waals surface area contributed by atoms with Gasteiger partial charge in [0.2, 0.25) is 0 Å². The van der Waals surface area contributed by atoms with Crippen LogP contribution >= 0.6 is 12.2 Å². The molecule has 108 valence electrons. The van der Waals surface area contributed by atoms with Gasteiger partial charge in [0.15, 0.2) is 5.82 Å². The molecule has 0 radical (unpaired) electrons. The van der Waals surface area contributed by atoms with E-state index in [-0.39, 0.29) is 5.56 Å². The molecule has 1 fully saturated rings. The molecule has 0 aliphatic heterocycles. The van der Waals surface area contributed by atoms with Crippen LogP contribution in [0.25, 0.3) is 0 Å². The lowest BCUT2D eigenvalue weighted by atomic mass is 10.2. The summed E-state index contributed by atoms with van der Waals surface area (Å²) in [4.78, 5) is 18.8. The predicted octanol–water partition coefficient (Wildman–Crippen LogP) is 1.98. The van der Waals surface area contributed by atoms with Crippen molar-refractivity contribution in [3.63, 3.8) is 0 Å². The first-order valence-corrected chi connectivity index (χ1v) is 7.19. The Bertz CT molecular complexity index is 734. The van der Waals surface area contributed by atoms with Gasteiger partial charge in [-0.2, -0.15) is 0 Å². The fraction of sp³-hybridized carbons (Fsp3) is 0.267. The Morgan fingerprint density at radius 3 is 2.62 bits per heavy atom. The monoisotopic (exact) mass is 300 g/mol. The van der Waals surface area contributed by atoms with Crippen molar-refractivity contribution in [1.82, 2.24) is 9.55 Å². The zero-order chi connectivity index (χ0) is 15.0. The molecule has 6 heteroatoms. The Balaban J connectivity index is 1.94. The number of hydrogen-bond acceptors (Lipinski definition) is 4. The number of benzene rings is 1. The van der Waals surface area contributed by atoms with Crippen LogP contribution in [0.1, 0.15) is 24.4 Å². The van der Waals surface area contributed by atoms with Crippen molar-refractivity contribution in [2.75, 3.05) is 11.9 Å². The topological polar surface area (TPSA) is 64.2 Å². The number of nitrogens with zero attached hydrogens (tertiary/aromatic N) is 3. The Morgan fingerprint density at radius 2 is 2.05 bits per heavy atom. The molecule has 0 bridgehead atoms. The van der Waals surface area contributed by atoms with E-state index in [9.17, 15) is 4.79 Å². The molecule has 0 amide bonds. The molecule has 0 atom stereocenters. The number of thiocarbonyl (C=S) groups is 1. The van der Waals surface area contributed by atoms with Crippen LogP contribution in [0.3, 0.4) is 0 Å². The third-order valence-electron chi connectivity index (χ3n) is 3.65. The minimum absolute atomic E-state index is 0.0547. The van der Waals surface area contributed by atoms with E-state index in [4.69, 9.17) is 18.0 Å². The summed E-state index contributed by atoms with van der Waals surface area (Å²) in [5.74, 6) is 0.424. The maximum Gasteiger partial charge on any atom is 0.294 e. The highest BCUT2D eigenvalue weighted by atomic mass is 32.1. The van der Waals surface area contributed by atoms with Gasteiger partial charge in [0, 0.05) is 36.7 Å². The second-order valence-corrected chi connectivity index (χ2v) is 5.60. The van der Waals surface area contributed by atoms with Crippen LogP contribution in [0, 0.1) is 0 Å². The van der Waals surface area contributed by atoms with Crippen LogP contribution in [0.5, 0.6) is 0 Å². The average Bonchev–Trinajstić information content (AvgIpc) is 3.31. The first-order valence-electron chi connectivity index (χ1n) is 6.78. The summed E-state index contributed by atoms with van der Waals surface area (Å²) in [6.07, 6.45) is 5.56. The molecule has 21 heavy (non-hydrogen) atoms. The van der Waals surface area contributed by atoms with Crippen molar-refractivity contribution >= 4 is 28.7 Å². The SMILES string of the molecule is CN(c1ccc(C(N)=S)cc1)c1nccn(C2CC2)c1=O. The number of aromatic nitrogens is 2. The Morgan fingerprint density at radius 1 is 1.38 bits per heavy atom. The molecular weight excluding hydrogens is 284 g/mol. The molecule has 0 spiro atoms. The summed E-state index contributed by atoms with van der Waals surface area (Å²) in [6.45, 7) is 0. The van der Waals surface area contributed by atoms with Crippen LogP contribution in [0.2, 0.25) is 0 Å². The van der Waals surface area contributed by atoms with Crippen LogP contribution in [-0.2, 0) is 0 Å². The molecular formula is C15H16N4OS. The normalized spacial score (nSPS) is 14.0. The smallest absolute Gasteiger partial charge is 0.294 e. The summed E-state index contributed by atoms with van der Waals surface area (Å²) in [7, 11) is 1.83. The summed E-state index contributed by atoms with van der Waals surface area (Å²) in [5, 5.41) is 0. The van der Waals surface area contributed by atoms with Gasteiger partial charge in [-0.1, -0.05) is 12.2 Å². The molecule has 0 unspecified atom stereocenters. The fourth-order valence-corrected chi connectivity index (χ4v) is 2.39. The molecule has 0 saturated heterocycles. The average molecular weight is 300 g/mol. The fourth-order valence-electron chi connectivity index (χ4n) is 2.26. The van der Waals surface area contributed by atoms with Crippen molar-refractivity contribution in [2.24, 2.45) is 5.73 Å². The van der Waals surface area contributed by atoms with Crippen molar-refractivity contribution in [3.05, 3.63) is 52.6 Å². The highest BCUT2D eigenvalue weighted by molar-refractivity contribution is 7.80. The number of anilines is 2. The third kappa shape index (κ3) is 2.67. The zero-order valence-corrected chi connectivity index (χ0v) is 12.5. The van der Waals surface area contributed by atoms with E-state index in [1.54, 1.807) is 21.9 Å². The maximum absolute atomic E-state index is 12.5. The maximum atomic E-state index is 12.5. The van der Waals surface area contributed by atoms with Gasteiger partial charge in [-0.15, -0.1) is 0 Å². The summed E-state index contributed by atoms with van der Waals surface area (Å²) >= 11 is 4.94. The van der Waals surface area contributed by atoms with E-state index in [1.807, 2.05) is 31.3 Å². The minimum atomic E-state index is -0.0547. The first-order chi connectivity index (χ1) is 10.1. The van der Waals surface area contributed by atoms with E-state index in [1.165, 1.54) is 0 Å². The third-order valence-corrected chi connectivity index (χ3v) is 3.88.